The van der Waals surface area contributed by atoms with Crippen LogP contribution in [0.1, 0.15) is 19.4 Å². The van der Waals surface area contributed by atoms with Crippen LogP contribution in [0.3, 0.4) is 0 Å². The number of carbonyl (C=O) groups excluding carboxylic acids is 1. The lowest BCUT2D eigenvalue weighted by molar-refractivity contribution is -0.151. The lowest BCUT2D eigenvalue weighted by atomic mass is 9.94. The van der Waals surface area contributed by atoms with E-state index in [1.54, 1.807) is 11.0 Å². The van der Waals surface area contributed by atoms with E-state index in [-0.39, 0.29) is 5.97 Å². The maximum absolute atomic E-state index is 11.7. The molecule has 6 heteroatoms. The van der Waals surface area contributed by atoms with Crippen molar-refractivity contribution in [1.82, 2.24) is 14.8 Å². The number of esters is 1. The van der Waals surface area contributed by atoms with Crippen molar-refractivity contribution in [3.8, 4) is 11.4 Å². The van der Waals surface area contributed by atoms with Crippen LogP contribution in [0.2, 0.25) is 0 Å². The number of benzene rings is 1. The molecule has 0 aliphatic carbocycles. The Labute approximate surface area is 132 Å². The normalized spacial score (nSPS) is 11.5. The molecule has 21 heavy (non-hydrogen) atoms. The van der Waals surface area contributed by atoms with Crippen LogP contribution in [-0.4, -0.2) is 27.8 Å². The Morgan fingerprint density at radius 3 is 2.81 bits per heavy atom. The molecule has 2 aromatic rings. The molecule has 2 rings (SSSR count). The van der Waals surface area contributed by atoms with E-state index in [4.69, 9.17) is 4.74 Å². The smallest absolute Gasteiger partial charge is 0.313 e. The fourth-order valence-corrected chi connectivity index (χ4v) is 2.46. The van der Waals surface area contributed by atoms with Crippen LogP contribution in [0.4, 0.5) is 0 Å². The fraction of sp³-hybridized carbons (Fsp3) is 0.400. The molecule has 0 unspecified atom stereocenters. The largest absolute Gasteiger partial charge is 0.469 e. The minimum atomic E-state index is -0.647. The van der Waals surface area contributed by atoms with E-state index in [1.165, 1.54) is 7.11 Å². The molecule has 112 valence electrons. The molecular weight excluding hydrogens is 334 g/mol. The number of nitrogens with zero attached hydrogens (tertiary/aromatic N) is 3. The summed E-state index contributed by atoms with van der Waals surface area (Å²) in [5.74, 6) is 0.382. The molecule has 0 bridgehead atoms. The van der Waals surface area contributed by atoms with Gasteiger partial charge in [0.05, 0.1) is 19.1 Å². The van der Waals surface area contributed by atoms with Crippen LogP contribution in [0.15, 0.2) is 29.0 Å². The summed E-state index contributed by atoms with van der Waals surface area (Å²) in [5.41, 5.74) is 1.41. The monoisotopic (exact) mass is 351 g/mol. The molecule has 1 heterocycles. The van der Waals surface area contributed by atoms with Gasteiger partial charge in [0.1, 0.15) is 6.33 Å². The average Bonchev–Trinajstić information content (AvgIpc) is 2.88. The quantitative estimate of drug-likeness (QED) is 0.793. The molecule has 0 N–H and O–H groups in total. The van der Waals surface area contributed by atoms with E-state index in [0.29, 0.717) is 12.4 Å². The van der Waals surface area contributed by atoms with Crippen molar-refractivity contribution in [2.45, 2.75) is 27.3 Å². The molecule has 1 aromatic heterocycles. The highest BCUT2D eigenvalue weighted by molar-refractivity contribution is 9.10. The number of methoxy groups -OCH3 is 1. The van der Waals surface area contributed by atoms with Gasteiger partial charge < -0.3 is 4.74 Å². The van der Waals surface area contributed by atoms with Crippen molar-refractivity contribution in [1.29, 1.82) is 0 Å². The van der Waals surface area contributed by atoms with E-state index in [9.17, 15) is 4.79 Å². The number of rotatable bonds is 4. The minimum Gasteiger partial charge on any atom is -0.469 e. The van der Waals surface area contributed by atoms with E-state index in [0.717, 1.165) is 15.6 Å². The summed E-state index contributed by atoms with van der Waals surface area (Å²) in [6.07, 6.45) is 1.64. The first-order valence-electron chi connectivity index (χ1n) is 6.58. The summed E-state index contributed by atoms with van der Waals surface area (Å²) in [5, 5.41) is 4.46. The highest BCUT2D eigenvalue weighted by atomic mass is 79.9. The zero-order valence-electron chi connectivity index (χ0n) is 12.6. The molecule has 0 radical (unpaired) electrons. The molecule has 0 amide bonds. The SMILES string of the molecule is COC(=O)C(C)(C)Cn1cnc(-c2cccc(Br)c2C)n1. The molecule has 0 spiro atoms. The Morgan fingerprint density at radius 1 is 1.43 bits per heavy atom. The minimum absolute atomic E-state index is 0.266. The van der Waals surface area contributed by atoms with E-state index < -0.39 is 5.41 Å². The number of aromatic nitrogens is 3. The number of hydrogen-bond acceptors (Lipinski definition) is 4. The van der Waals surface area contributed by atoms with Crippen molar-refractivity contribution >= 4 is 21.9 Å². The van der Waals surface area contributed by atoms with Crippen molar-refractivity contribution in [2.24, 2.45) is 5.41 Å². The van der Waals surface area contributed by atoms with Crippen LogP contribution < -0.4 is 0 Å². The van der Waals surface area contributed by atoms with Crippen LogP contribution in [0, 0.1) is 12.3 Å². The van der Waals surface area contributed by atoms with Gasteiger partial charge in [-0.05, 0) is 32.4 Å². The maximum atomic E-state index is 11.7. The predicted molar refractivity (Wildman–Crippen MR) is 83.7 cm³/mol. The Hall–Kier alpha value is -1.69. The second-order valence-electron chi connectivity index (χ2n) is 5.55. The molecule has 0 atom stereocenters. The Balaban J connectivity index is 2.27. The van der Waals surface area contributed by atoms with Crippen LogP contribution >= 0.6 is 15.9 Å². The van der Waals surface area contributed by atoms with Crippen LogP contribution in [-0.2, 0) is 16.1 Å². The zero-order valence-corrected chi connectivity index (χ0v) is 14.1. The van der Waals surface area contributed by atoms with Gasteiger partial charge in [0.25, 0.3) is 0 Å². The molecule has 0 saturated carbocycles. The lowest BCUT2D eigenvalue weighted by Crippen LogP contribution is -2.30. The first-order chi connectivity index (χ1) is 9.85. The second-order valence-corrected chi connectivity index (χ2v) is 6.41. The Morgan fingerprint density at radius 2 is 2.14 bits per heavy atom. The summed E-state index contributed by atoms with van der Waals surface area (Å²) in [7, 11) is 1.39. The molecule has 0 fully saturated rings. The predicted octanol–water partition coefficient (Wildman–Crippen LogP) is 3.22. The molecule has 5 nitrogen and oxygen atoms in total. The van der Waals surface area contributed by atoms with E-state index >= 15 is 0 Å². The topological polar surface area (TPSA) is 57.0 Å². The van der Waals surface area contributed by atoms with E-state index in [2.05, 4.69) is 26.0 Å². The average molecular weight is 352 g/mol. The highest BCUT2D eigenvalue weighted by Gasteiger charge is 2.29. The maximum Gasteiger partial charge on any atom is 0.313 e. The number of ether oxygens (including phenoxy) is 1. The van der Waals surface area contributed by atoms with Crippen molar-refractivity contribution < 1.29 is 9.53 Å². The van der Waals surface area contributed by atoms with Crippen molar-refractivity contribution in [3.63, 3.8) is 0 Å². The molecule has 0 saturated heterocycles. The third-order valence-electron chi connectivity index (χ3n) is 3.34. The lowest BCUT2D eigenvalue weighted by Gasteiger charge is -2.20. The van der Waals surface area contributed by atoms with Gasteiger partial charge in [0.15, 0.2) is 5.82 Å². The zero-order chi connectivity index (χ0) is 15.6. The van der Waals surface area contributed by atoms with Gasteiger partial charge >= 0.3 is 5.97 Å². The first kappa shape index (κ1) is 15.7. The fourth-order valence-electron chi connectivity index (χ4n) is 2.09. The van der Waals surface area contributed by atoms with Crippen molar-refractivity contribution in [2.75, 3.05) is 7.11 Å². The molecular formula is C15H18BrN3O2. The number of carbonyl (C=O) groups is 1. The third-order valence-corrected chi connectivity index (χ3v) is 4.20. The summed E-state index contributed by atoms with van der Waals surface area (Å²) >= 11 is 3.50. The number of halogens is 1. The van der Waals surface area contributed by atoms with Gasteiger partial charge in [-0.3, -0.25) is 9.48 Å². The standard InChI is InChI=1S/C15H18BrN3O2/c1-10-11(6-5-7-12(10)16)13-17-9-19(18-13)8-15(2,3)14(20)21-4/h5-7,9H,8H2,1-4H3. The van der Waals surface area contributed by atoms with Gasteiger partial charge in [-0.1, -0.05) is 28.1 Å². The second kappa shape index (κ2) is 5.97. The summed E-state index contributed by atoms with van der Waals surface area (Å²) < 4.78 is 7.50. The van der Waals surface area contributed by atoms with Crippen LogP contribution in [0.5, 0.6) is 0 Å². The summed E-state index contributed by atoms with van der Waals surface area (Å²) in [6.45, 7) is 6.08. The van der Waals surface area contributed by atoms with E-state index in [1.807, 2.05) is 39.0 Å². The van der Waals surface area contributed by atoms with Crippen LogP contribution in [0.25, 0.3) is 11.4 Å². The molecule has 0 aliphatic heterocycles. The van der Waals surface area contributed by atoms with Crippen molar-refractivity contribution in [3.05, 3.63) is 34.6 Å². The highest BCUT2D eigenvalue weighted by Crippen LogP contribution is 2.26. The Bertz CT molecular complexity index is 665. The number of hydrogen-bond donors (Lipinski definition) is 0. The molecule has 0 aliphatic rings. The summed E-state index contributed by atoms with van der Waals surface area (Å²) in [4.78, 5) is 16.1. The van der Waals surface area contributed by atoms with Gasteiger partial charge in [-0.15, -0.1) is 0 Å². The van der Waals surface area contributed by atoms with Gasteiger partial charge in [-0.25, -0.2) is 4.98 Å². The third kappa shape index (κ3) is 3.32. The Kier molecular flexibility index (Phi) is 4.46. The molecule has 1 aromatic carbocycles. The van der Waals surface area contributed by atoms with Gasteiger partial charge in [-0.2, -0.15) is 5.10 Å². The summed E-state index contributed by atoms with van der Waals surface area (Å²) in [6, 6.07) is 5.91. The first-order valence-corrected chi connectivity index (χ1v) is 7.38. The van der Waals surface area contributed by atoms with Gasteiger partial charge in [0, 0.05) is 10.0 Å². The van der Waals surface area contributed by atoms with Gasteiger partial charge in [0.2, 0.25) is 0 Å².